The number of hydrogen-bond donors (Lipinski definition) is 1. The number of esters is 1. The lowest BCUT2D eigenvalue weighted by atomic mass is 10.3. The second-order valence-corrected chi connectivity index (χ2v) is 4.87. The molecule has 0 amide bonds. The van der Waals surface area contributed by atoms with Crippen molar-refractivity contribution in [3.63, 3.8) is 0 Å². The zero-order chi connectivity index (χ0) is 17.1. The summed E-state index contributed by atoms with van der Waals surface area (Å²) >= 11 is 0. The molecule has 0 aliphatic heterocycles. The highest BCUT2D eigenvalue weighted by Gasteiger charge is 2.07. The molecule has 2 rings (SSSR count). The van der Waals surface area contributed by atoms with Crippen molar-refractivity contribution in [2.45, 2.75) is 13.3 Å². The van der Waals surface area contributed by atoms with Gasteiger partial charge in [-0.2, -0.15) is 0 Å². The summed E-state index contributed by atoms with van der Waals surface area (Å²) in [7, 11) is 3.79. The lowest BCUT2D eigenvalue weighted by Gasteiger charge is -2.00. The Kier molecular flexibility index (Phi) is 15.6. The van der Waals surface area contributed by atoms with Gasteiger partial charge in [0.2, 0.25) is 5.69 Å². The molecule has 2 aromatic heterocycles. The quantitative estimate of drug-likeness (QED) is 0.101. The van der Waals surface area contributed by atoms with E-state index in [2.05, 4.69) is 5.16 Å². The Balaban J connectivity index is 0. The molecule has 0 fully saturated rings. The number of carbonyl (C=O) groups is 1. The first-order chi connectivity index (χ1) is 11.1. The van der Waals surface area contributed by atoms with E-state index >= 15 is 0 Å². The van der Waals surface area contributed by atoms with Crippen LogP contribution in [0.1, 0.15) is 29.4 Å². The first-order valence-corrected chi connectivity index (χ1v) is 7.33. The van der Waals surface area contributed by atoms with E-state index < -0.39 is 0 Å². The zero-order valence-electron chi connectivity index (χ0n) is 14.5. The summed E-state index contributed by atoms with van der Waals surface area (Å²) in [4.78, 5) is 11.3. The van der Waals surface area contributed by atoms with Crippen molar-refractivity contribution in [3.8, 4) is 0 Å². The number of rotatable bonds is 4. The lowest BCUT2D eigenvalue weighted by molar-refractivity contribution is -0.672. The van der Waals surface area contributed by atoms with Gasteiger partial charge < -0.3 is 57.9 Å². The SMILES string of the molecule is CCCOC(=O)c1cc[n+](C)cc1.C[n+]1ccccc1C=NO.[I-].[I-]. The second-order valence-electron chi connectivity index (χ2n) is 4.87. The van der Waals surface area contributed by atoms with Crippen LogP contribution in [0.2, 0.25) is 0 Å². The number of carbonyl (C=O) groups excluding carboxylic acids is 1. The largest absolute Gasteiger partial charge is 1.00 e. The van der Waals surface area contributed by atoms with Crippen LogP contribution in [-0.2, 0) is 18.8 Å². The first-order valence-electron chi connectivity index (χ1n) is 7.33. The summed E-state index contributed by atoms with van der Waals surface area (Å²) in [5.74, 6) is -0.248. The molecule has 0 unspecified atom stereocenters. The number of aryl methyl sites for hydroxylation is 2. The van der Waals surface area contributed by atoms with Crippen molar-refractivity contribution in [1.29, 1.82) is 0 Å². The van der Waals surface area contributed by atoms with E-state index in [4.69, 9.17) is 9.94 Å². The maximum absolute atomic E-state index is 11.3. The van der Waals surface area contributed by atoms with E-state index in [1.807, 2.05) is 66.9 Å². The average Bonchev–Trinajstić information content (AvgIpc) is 2.56. The van der Waals surface area contributed by atoms with E-state index in [9.17, 15) is 4.79 Å². The van der Waals surface area contributed by atoms with Crippen LogP contribution in [0, 0.1) is 0 Å². The Labute approximate surface area is 182 Å². The molecule has 2 aromatic rings. The standard InChI is InChI=1S/C10H14NO2.C7H8N2O.2HI/c1-3-8-13-10(12)9-4-6-11(2)7-5-9;1-9-5-3-2-4-7(9)6-8-10;;/h4-7H,3,8H2,1-2H3;2-6H,1H3;2*1H/q+1;;;/p-1. The monoisotopic (exact) mass is 571 g/mol. The van der Waals surface area contributed by atoms with Crippen molar-refractivity contribution in [2.75, 3.05) is 6.61 Å². The van der Waals surface area contributed by atoms with E-state index in [0.29, 0.717) is 12.2 Å². The van der Waals surface area contributed by atoms with Gasteiger partial charge in [-0.3, -0.25) is 0 Å². The molecule has 25 heavy (non-hydrogen) atoms. The van der Waals surface area contributed by atoms with Gasteiger partial charge in [-0.1, -0.05) is 12.1 Å². The summed E-state index contributed by atoms with van der Waals surface area (Å²) in [6, 6.07) is 9.15. The molecule has 0 saturated carbocycles. The molecule has 2 heterocycles. The maximum atomic E-state index is 11.3. The average molecular weight is 571 g/mol. The molecule has 0 aliphatic carbocycles. The fourth-order valence-electron chi connectivity index (χ4n) is 1.64. The van der Waals surface area contributed by atoms with Crippen LogP contribution in [0.3, 0.4) is 0 Å². The molecular weight excluding hydrogens is 548 g/mol. The molecule has 0 saturated heterocycles. The number of nitrogens with zero attached hydrogens (tertiary/aromatic N) is 3. The highest BCUT2D eigenvalue weighted by molar-refractivity contribution is 5.88. The Bertz CT molecular complexity index is 650. The van der Waals surface area contributed by atoms with Crippen molar-refractivity contribution in [3.05, 3.63) is 60.2 Å². The van der Waals surface area contributed by atoms with Crippen molar-refractivity contribution >= 4 is 12.2 Å². The van der Waals surface area contributed by atoms with E-state index in [-0.39, 0.29) is 53.9 Å². The molecule has 0 bridgehead atoms. The second kappa shape index (κ2) is 15.0. The normalized spacial score (nSPS) is 9.24. The molecule has 0 aliphatic rings. The summed E-state index contributed by atoms with van der Waals surface area (Å²) in [5, 5.41) is 11.1. The minimum Gasteiger partial charge on any atom is -1.00 e. The molecule has 6 nitrogen and oxygen atoms in total. The fraction of sp³-hybridized carbons (Fsp3) is 0.294. The predicted molar refractivity (Wildman–Crippen MR) is 85.2 cm³/mol. The number of hydrogen-bond acceptors (Lipinski definition) is 4. The minimum absolute atomic E-state index is 0. The van der Waals surface area contributed by atoms with E-state index in [0.717, 1.165) is 12.1 Å². The van der Waals surface area contributed by atoms with Crippen molar-refractivity contribution in [2.24, 2.45) is 19.3 Å². The number of halogens is 2. The van der Waals surface area contributed by atoms with Crippen LogP contribution < -0.4 is 57.1 Å². The highest BCUT2D eigenvalue weighted by atomic mass is 127. The predicted octanol–water partition coefficient (Wildman–Crippen LogP) is -4.59. The summed E-state index contributed by atoms with van der Waals surface area (Å²) in [5.41, 5.74) is 1.47. The number of pyridine rings is 2. The molecule has 0 aromatic carbocycles. The highest BCUT2D eigenvalue weighted by Crippen LogP contribution is 1.98. The third-order valence-corrected chi connectivity index (χ3v) is 2.94. The Morgan fingerprint density at radius 1 is 1.16 bits per heavy atom. The molecule has 0 spiro atoms. The third-order valence-electron chi connectivity index (χ3n) is 2.94. The fourth-order valence-corrected chi connectivity index (χ4v) is 1.64. The zero-order valence-corrected chi connectivity index (χ0v) is 18.8. The Hall–Kier alpha value is -1.30. The number of oxime groups is 1. The topological polar surface area (TPSA) is 66.7 Å². The lowest BCUT2D eigenvalue weighted by Crippen LogP contribution is -3.00. The van der Waals surface area contributed by atoms with Crippen LogP contribution in [0.4, 0.5) is 0 Å². The van der Waals surface area contributed by atoms with Gasteiger partial charge in [-0.25, -0.2) is 13.9 Å². The molecule has 138 valence electrons. The Morgan fingerprint density at radius 3 is 2.32 bits per heavy atom. The van der Waals surface area contributed by atoms with Crippen molar-refractivity contribution < 1.29 is 71.8 Å². The van der Waals surface area contributed by atoms with Gasteiger partial charge in [0.05, 0.1) is 12.2 Å². The summed E-state index contributed by atoms with van der Waals surface area (Å²) in [6.45, 7) is 2.46. The first kappa shape index (κ1) is 25.9. The van der Waals surface area contributed by atoms with Crippen LogP contribution in [0.25, 0.3) is 0 Å². The van der Waals surface area contributed by atoms with Crippen LogP contribution in [-0.4, -0.2) is 24.0 Å². The summed E-state index contributed by atoms with van der Waals surface area (Å²) in [6.07, 6.45) is 7.77. The maximum Gasteiger partial charge on any atom is 0.338 e. The minimum atomic E-state index is -0.248. The molecular formula is C17H23I2N3O3. The molecule has 0 atom stereocenters. The molecule has 0 radical (unpaired) electrons. The van der Waals surface area contributed by atoms with Gasteiger partial charge in [0.25, 0.3) is 0 Å². The van der Waals surface area contributed by atoms with Gasteiger partial charge in [-0.15, -0.1) is 0 Å². The van der Waals surface area contributed by atoms with E-state index in [1.165, 1.54) is 6.21 Å². The van der Waals surface area contributed by atoms with Gasteiger partial charge in [0.1, 0.15) is 20.3 Å². The van der Waals surface area contributed by atoms with Crippen LogP contribution in [0.15, 0.2) is 54.1 Å². The number of ether oxygens (including phenoxy) is 1. The molecule has 8 heteroatoms. The van der Waals surface area contributed by atoms with E-state index in [1.54, 1.807) is 12.1 Å². The number of aromatic nitrogens is 2. The van der Waals surface area contributed by atoms with Crippen molar-refractivity contribution in [1.82, 2.24) is 0 Å². The van der Waals surface area contributed by atoms with Gasteiger partial charge in [0.15, 0.2) is 18.6 Å². The summed E-state index contributed by atoms with van der Waals surface area (Å²) < 4.78 is 8.70. The Morgan fingerprint density at radius 2 is 1.80 bits per heavy atom. The van der Waals surface area contributed by atoms with Gasteiger partial charge >= 0.3 is 5.97 Å². The van der Waals surface area contributed by atoms with Crippen LogP contribution in [0.5, 0.6) is 0 Å². The van der Waals surface area contributed by atoms with Crippen LogP contribution >= 0.6 is 0 Å². The molecule has 1 N–H and O–H groups in total. The van der Waals surface area contributed by atoms with Gasteiger partial charge in [-0.05, 0) is 12.5 Å². The smallest absolute Gasteiger partial charge is 0.338 e. The third kappa shape index (κ3) is 10.3. The van der Waals surface area contributed by atoms with Gasteiger partial charge in [0, 0.05) is 24.3 Å².